The molecule has 108 valence electrons. The Balaban J connectivity index is 1.69. The molecule has 0 bridgehead atoms. The van der Waals surface area contributed by atoms with Gasteiger partial charge in [-0.05, 0) is 42.8 Å². The minimum absolute atomic E-state index is 0.0253. The van der Waals surface area contributed by atoms with E-state index in [9.17, 15) is 9.59 Å². The van der Waals surface area contributed by atoms with E-state index in [1.165, 1.54) is 11.3 Å². The van der Waals surface area contributed by atoms with Crippen LogP contribution in [0.25, 0.3) is 0 Å². The van der Waals surface area contributed by atoms with Gasteiger partial charge in [0.2, 0.25) is 5.91 Å². The van der Waals surface area contributed by atoms with E-state index >= 15 is 0 Å². The van der Waals surface area contributed by atoms with Crippen LogP contribution in [0.15, 0.2) is 29.8 Å². The van der Waals surface area contributed by atoms with Gasteiger partial charge in [-0.1, -0.05) is 6.07 Å². The summed E-state index contributed by atoms with van der Waals surface area (Å²) in [4.78, 5) is 28.5. The van der Waals surface area contributed by atoms with Crippen LogP contribution in [-0.2, 0) is 4.79 Å². The summed E-state index contributed by atoms with van der Waals surface area (Å²) in [5.74, 6) is 0.547. The summed E-state index contributed by atoms with van der Waals surface area (Å²) in [6.45, 7) is 1.87. The van der Waals surface area contributed by atoms with Crippen LogP contribution >= 0.6 is 11.3 Å². The molecule has 2 amide bonds. The molecule has 5 nitrogen and oxygen atoms in total. The van der Waals surface area contributed by atoms with Crippen LogP contribution in [0, 0.1) is 12.8 Å². The molecule has 1 saturated carbocycles. The maximum atomic E-state index is 12.0. The van der Waals surface area contributed by atoms with Gasteiger partial charge < -0.3 is 10.6 Å². The normalized spacial score (nSPS) is 13.8. The first-order chi connectivity index (χ1) is 10.1. The summed E-state index contributed by atoms with van der Waals surface area (Å²) < 4.78 is 0. The molecule has 0 aromatic carbocycles. The molecule has 2 heterocycles. The van der Waals surface area contributed by atoms with Crippen LogP contribution in [0.1, 0.15) is 28.1 Å². The van der Waals surface area contributed by atoms with Crippen molar-refractivity contribution >= 4 is 34.7 Å². The van der Waals surface area contributed by atoms with Gasteiger partial charge in [-0.3, -0.25) is 9.59 Å². The van der Waals surface area contributed by atoms with Crippen LogP contribution in [0.3, 0.4) is 0 Å². The number of aryl methyl sites for hydroxylation is 1. The average Bonchev–Trinajstić information content (AvgIpc) is 3.17. The third-order valence-corrected chi connectivity index (χ3v) is 4.17. The molecule has 1 aliphatic rings. The number of carbonyl (C=O) groups excluding carboxylic acids is 2. The van der Waals surface area contributed by atoms with Gasteiger partial charge in [-0.15, -0.1) is 11.3 Å². The first kappa shape index (κ1) is 13.8. The minimum Gasteiger partial charge on any atom is -0.320 e. The van der Waals surface area contributed by atoms with Gasteiger partial charge in [0.1, 0.15) is 5.82 Å². The van der Waals surface area contributed by atoms with E-state index in [2.05, 4.69) is 15.6 Å². The van der Waals surface area contributed by atoms with Gasteiger partial charge in [0.25, 0.3) is 5.91 Å². The molecule has 1 aliphatic carbocycles. The Kier molecular flexibility index (Phi) is 3.70. The summed E-state index contributed by atoms with van der Waals surface area (Å²) in [7, 11) is 0. The largest absolute Gasteiger partial charge is 0.320 e. The maximum Gasteiger partial charge on any atom is 0.265 e. The van der Waals surface area contributed by atoms with Crippen molar-refractivity contribution in [1.82, 2.24) is 4.98 Å². The molecule has 0 saturated heterocycles. The van der Waals surface area contributed by atoms with E-state index in [1.807, 2.05) is 18.4 Å². The Morgan fingerprint density at radius 2 is 2.14 bits per heavy atom. The fraction of sp³-hybridized carbons (Fsp3) is 0.267. The van der Waals surface area contributed by atoms with Gasteiger partial charge in [0.05, 0.1) is 16.8 Å². The van der Waals surface area contributed by atoms with Crippen molar-refractivity contribution in [2.24, 2.45) is 5.92 Å². The van der Waals surface area contributed by atoms with Gasteiger partial charge in [-0.25, -0.2) is 4.98 Å². The lowest BCUT2D eigenvalue weighted by Crippen LogP contribution is -2.15. The molecule has 0 radical (unpaired) electrons. The van der Waals surface area contributed by atoms with Gasteiger partial charge >= 0.3 is 0 Å². The molecular weight excluding hydrogens is 286 g/mol. The number of carbonyl (C=O) groups is 2. The minimum atomic E-state index is -0.148. The molecule has 2 N–H and O–H groups in total. The van der Waals surface area contributed by atoms with E-state index in [0.717, 1.165) is 18.4 Å². The van der Waals surface area contributed by atoms with Crippen molar-refractivity contribution < 1.29 is 9.59 Å². The highest BCUT2D eigenvalue weighted by atomic mass is 32.1. The van der Waals surface area contributed by atoms with E-state index in [4.69, 9.17) is 0 Å². The monoisotopic (exact) mass is 301 g/mol. The highest BCUT2D eigenvalue weighted by Crippen LogP contribution is 2.30. The predicted octanol–water partition coefficient (Wildman–Crippen LogP) is 3.05. The van der Waals surface area contributed by atoms with Crippen LogP contribution in [0.2, 0.25) is 0 Å². The lowest BCUT2D eigenvalue weighted by atomic mass is 10.2. The first-order valence-corrected chi connectivity index (χ1v) is 7.64. The Bertz CT molecular complexity index is 678. The molecule has 2 aromatic rings. The standard InChI is InChI=1S/C15H15N3O2S/c1-9-7-13(18-14(19)10-4-5-10)16-8-11(9)17-15(20)12-3-2-6-21-12/h2-3,6-8,10H,4-5H2,1H3,(H,17,20)(H,16,18,19). The number of rotatable bonds is 4. The Labute approximate surface area is 126 Å². The van der Waals surface area contributed by atoms with E-state index in [0.29, 0.717) is 16.4 Å². The van der Waals surface area contributed by atoms with Crippen LogP contribution in [0.5, 0.6) is 0 Å². The number of hydrogen-bond acceptors (Lipinski definition) is 4. The molecule has 0 unspecified atom stereocenters. The van der Waals surface area contributed by atoms with Gasteiger partial charge in [0.15, 0.2) is 0 Å². The second kappa shape index (κ2) is 5.65. The van der Waals surface area contributed by atoms with Crippen molar-refractivity contribution in [3.8, 4) is 0 Å². The lowest BCUT2D eigenvalue weighted by molar-refractivity contribution is -0.117. The topological polar surface area (TPSA) is 71.1 Å². The fourth-order valence-electron chi connectivity index (χ4n) is 1.92. The predicted molar refractivity (Wildman–Crippen MR) is 82.6 cm³/mol. The Morgan fingerprint density at radius 1 is 1.33 bits per heavy atom. The maximum absolute atomic E-state index is 12.0. The number of amides is 2. The van der Waals surface area contributed by atoms with Crippen LogP contribution < -0.4 is 10.6 Å². The smallest absolute Gasteiger partial charge is 0.265 e. The number of nitrogens with one attached hydrogen (secondary N) is 2. The third kappa shape index (κ3) is 3.28. The number of anilines is 2. The van der Waals surface area contributed by atoms with E-state index in [1.54, 1.807) is 18.3 Å². The Hall–Kier alpha value is -2.21. The second-order valence-electron chi connectivity index (χ2n) is 5.08. The summed E-state index contributed by atoms with van der Waals surface area (Å²) in [5, 5.41) is 7.47. The summed E-state index contributed by atoms with van der Waals surface area (Å²) >= 11 is 1.39. The molecule has 0 atom stereocenters. The number of hydrogen-bond donors (Lipinski definition) is 2. The Morgan fingerprint density at radius 3 is 2.76 bits per heavy atom. The van der Waals surface area contributed by atoms with E-state index < -0.39 is 0 Å². The molecule has 0 spiro atoms. The summed E-state index contributed by atoms with van der Waals surface area (Å²) in [5.41, 5.74) is 1.51. The number of pyridine rings is 1. The van der Waals surface area contributed by atoms with Crippen molar-refractivity contribution in [3.05, 3.63) is 40.2 Å². The van der Waals surface area contributed by atoms with Crippen molar-refractivity contribution in [1.29, 1.82) is 0 Å². The lowest BCUT2D eigenvalue weighted by Gasteiger charge is -2.09. The van der Waals surface area contributed by atoms with E-state index in [-0.39, 0.29) is 17.7 Å². The van der Waals surface area contributed by atoms with Crippen LogP contribution in [0.4, 0.5) is 11.5 Å². The van der Waals surface area contributed by atoms with Crippen molar-refractivity contribution in [2.75, 3.05) is 10.6 Å². The molecule has 6 heteroatoms. The number of nitrogens with zero attached hydrogens (tertiary/aromatic N) is 1. The fourth-order valence-corrected chi connectivity index (χ4v) is 2.54. The zero-order valence-corrected chi connectivity index (χ0v) is 12.4. The van der Waals surface area contributed by atoms with Gasteiger partial charge in [-0.2, -0.15) is 0 Å². The average molecular weight is 301 g/mol. The highest BCUT2D eigenvalue weighted by molar-refractivity contribution is 7.12. The SMILES string of the molecule is Cc1cc(NC(=O)C2CC2)ncc1NC(=O)c1cccs1. The highest BCUT2D eigenvalue weighted by Gasteiger charge is 2.29. The zero-order chi connectivity index (χ0) is 14.8. The molecule has 0 aliphatic heterocycles. The van der Waals surface area contributed by atoms with Crippen LogP contribution in [-0.4, -0.2) is 16.8 Å². The van der Waals surface area contributed by atoms with Crippen molar-refractivity contribution in [3.63, 3.8) is 0 Å². The molecule has 2 aromatic heterocycles. The summed E-state index contributed by atoms with van der Waals surface area (Å²) in [6.07, 6.45) is 3.49. The molecule has 1 fully saturated rings. The quantitative estimate of drug-likeness (QED) is 0.911. The van der Waals surface area contributed by atoms with Crippen molar-refractivity contribution in [2.45, 2.75) is 19.8 Å². The summed E-state index contributed by atoms with van der Waals surface area (Å²) in [6, 6.07) is 5.37. The zero-order valence-electron chi connectivity index (χ0n) is 11.6. The van der Waals surface area contributed by atoms with Gasteiger partial charge in [0, 0.05) is 5.92 Å². The number of aromatic nitrogens is 1. The molecular formula is C15H15N3O2S. The molecule has 21 heavy (non-hydrogen) atoms. The number of thiophene rings is 1. The first-order valence-electron chi connectivity index (χ1n) is 6.76. The third-order valence-electron chi connectivity index (χ3n) is 3.30. The molecule has 3 rings (SSSR count). The second-order valence-corrected chi connectivity index (χ2v) is 6.03.